The quantitative estimate of drug-likeness (QED) is 0.588. The van der Waals surface area contributed by atoms with Crippen LogP contribution >= 0.6 is 27.7 Å². The zero-order chi connectivity index (χ0) is 14.4. The first-order valence-electron chi connectivity index (χ1n) is 6.21. The fraction of sp³-hybridized carbons (Fsp3) is 0.188. The number of thioether (sulfide) groups is 1. The summed E-state index contributed by atoms with van der Waals surface area (Å²) >= 11 is 5.22. The highest BCUT2D eigenvalue weighted by Gasteiger charge is 2.08. The molecule has 0 amide bonds. The van der Waals surface area contributed by atoms with E-state index >= 15 is 0 Å². The van der Waals surface area contributed by atoms with Gasteiger partial charge in [0, 0.05) is 15.1 Å². The van der Waals surface area contributed by atoms with Crippen molar-refractivity contribution in [3.63, 3.8) is 0 Å². The maximum absolute atomic E-state index is 11.4. The van der Waals surface area contributed by atoms with Gasteiger partial charge in [0.1, 0.15) is 0 Å². The third-order valence-corrected chi connectivity index (χ3v) is 4.41. The lowest BCUT2D eigenvalue weighted by molar-refractivity contribution is -0.139. The number of esters is 1. The van der Waals surface area contributed by atoms with Gasteiger partial charge in [0.15, 0.2) is 0 Å². The van der Waals surface area contributed by atoms with Crippen LogP contribution in [0.4, 0.5) is 0 Å². The van der Waals surface area contributed by atoms with Gasteiger partial charge >= 0.3 is 5.97 Å². The number of rotatable bonds is 5. The standard InChI is InChI=1S/C16H15BrO2S/c1-19-16(18)9-12-5-2-3-6-13(12)11-20-15-8-4-7-14(17)10-15/h2-8,10H,9,11H2,1H3. The summed E-state index contributed by atoms with van der Waals surface area (Å²) in [6.45, 7) is 0. The Bertz CT molecular complexity index is 599. The number of hydrogen-bond donors (Lipinski definition) is 0. The Morgan fingerprint density at radius 3 is 2.60 bits per heavy atom. The van der Waals surface area contributed by atoms with Gasteiger partial charge in [-0.05, 0) is 29.3 Å². The molecule has 2 nitrogen and oxygen atoms in total. The number of methoxy groups -OCH3 is 1. The Labute approximate surface area is 131 Å². The predicted molar refractivity (Wildman–Crippen MR) is 85.9 cm³/mol. The summed E-state index contributed by atoms with van der Waals surface area (Å²) in [6.07, 6.45) is 0.325. The number of carbonyl (C=O) groups excluding carboxylic acids is 1. The molecule has 0 aliphatic heterocycles. The fourth-order valence-electron chi connectivity index (χ4n) is 1.82. The van der Waals surface area contributed by atoms with Crippen molar-refractivity contribution in [1.82, 2.24) is 0 Å². The molecule has 0 aromatic heterocycles. The molecule has 0 atom stereocenters. The summed E-state index contributed by atoms with van der Waals surface area (Å²) in [7, 11) is 1.42. The van der Waals surface area contributed by atoms with Crippen molar-refractivity contribution in [2.24, 2.45) is 0 Å². The topological polar surface area (TPSA) is 26.3 Å². The Balaban J connectivity index is 2.07. The molecule has 0 bridgehead atoms. The van der Waals surface area contributed by atoms with Crippen LogP contribution in [0.3, 0.4) is 0 Å². The van der Waals surface area contributed by atoms with E-state index in [1.54, 1.807) is 11.8 Å². The minimum absolute atomic E-state index is 0.204. The predicted octanol–water partition coefficient (Wildman–Crippen LogP) is 4.46. The third kappa shape index (κ3) is 4.39. The van der Waals surface area contributed by atoms with Gasteiger partial charge in [-0.2, -0.15) is 0 Å². The van der Waals surface area contributed by atoms with Gasteiger partial charge in [0.05, 0.1) is 13.5 Å². The minimum Gasteiger partial charge on any atom is -0.469 e. The number of ether oxygens (including phenoxy) is 1. The van der Waals surface area contributed by atoms with Crippen molar-refractivity contribution >= 4 is 33.7 Å². The minimum atomic E-state index is -0.204. The highest BCUT2D eigenvalue weighted by Crippen LogP contribution is 2.26. The maximum Gasteiger partial charge on any atom is 0.309 e. The van der Waals surface area contributed by atoms with Crippen LogP contribution in [0.1, 0.15) is 11.1 Å². The van der Waals surface area contributed by atoms with Gasteiger partial charge in [-0.3, -0.25) is 4.79 Å². The average molecular weight is 351 g/mol. The van der Waals surface area contributed by atoms with E-state index < -0.39 is 0 Å². The molecule has 4 heteroatoms. The van der Waals surface area contributed by atoms with E-state index in [4.69, 9.17) is 4.74 Å². The lowest BCUT2D eigenvalue weighted by Gasteiger charge is -2.08. The molecule has 20 heavy (non-hydrogen) atoms. The molecule has 0 fully saturated rings. The second kappa shape index (κ2) is 7.50. The molecular formula is C16H15BrO2S. The molecule has 2 aromatic rings. The summed E-state index contributed by atoms with van der Waals surface area (Å²) in [5.74, 6) is 0.633. The molecule has 0 aliphatic carbocycles. The lowest BCUT2D eigenvalue weighted by atomic mass is 10.1. The SMILES string of the molecule is COC(=O)Cc1ccccc1CSc1cccc(Br)c1. The van der Waals surface area contributed by atoms with Gasteiger partial charge in [0.2, 0.25) is 0 Å². The first-order chi connectivity index (χ1) is 9.69. The second-order valence-corrected chi connectivity index (χ2v) is 6.23. The molecule has 104 valence electrons. The van der Waals surface area contributed by atoms with Gasteiger partial charge in [0.25, 0.3) is 0 Å². The van der Waals surface area contributed by atoms with Crippen LogP contribution in [0.5, 0.6) is 0 Å². The number of carbonyl (C=O) groups is 1. The van der Waals surface area contributed by atoms with Crippen molar-refractivity contribution in [2.45, 2.75) is 17.1 Å². The zero-order valence-corrected chi connectivity index (χ0v) is 13.5. The van der Waals surface area contributed by atoms with E-state index in [1.165, 1.54) is 17.6 Å². The first-order valence-corrected chi connectivity index (χ1v) is 7.99. The monoisotopic (exact) mass is 350 g/mol. The molecule has 0 unspecified atom stereocenters. The Morgan fingerprint density at radius 2 is 1.90 bits per heavy atom. The molecule has 0 N–H and O–H groups in total. The lowest BCUT2D eigenvalue weighted by Crippen LogP contribution is -2.06. The van der Waals surface area contributed by atoms with E-state index in [0.717, 1.165) is 15.8 Å². The van der Waals surface area contributed by atoms with Crippen LogP contribution in [0.15, 0.2) is 57.9 Å². The number of halogens is 1. The molecule has 0 saturated carbocycles. The molecule has 0 saturated heterocycles. The van der Waals surface area contributed by atoms with Crippen LogP contribution in [0.2, 0.25) is 0 Å². The zero-order valence-electron chi connectivity index (χ0n) is 11.1. The largest absolute Gasteiger partial charge is 0.469 e. The Hall–Kier alpha value is -1.26. The van der Waals surface area contributed by atoms with Gasteiger partial charge in [-0.1, -0.05) is 46.3 Å². The molecule has 0 aliphatic rings. The highest BCUT2D eigenvalue weighted by atomic mass is 79.9. The molecule has 2 aromatic carbocycles. The molecule has 0 heterocycles. The van der Waals surface area contributed by atoms with E-state index in [1.807, 2.05) is 30.3 Å². The van der Waals surface area contributed by atoms with Crippen LogP contribution < -0.4 is 0 Å². The second-order valence-electron chi connectivity index (χ2n) is 4.27. The van der Waals surface area contributed by atoms with E-state index in [-0.39, 0.29) is 5.97 Å². The van der Waals surface area contributed by atoms with Gasteiger partial charge in [-0.15, -0.1) is 11.8 Å². The molecular weight excluding hydrogens is 336 g/mol. The Kier molecular flexibility index (Phi) is 5.68. The molecule has 0 spiro atoms. The highest BCUT2D eigenvalue weighted by molar-refractivity contribution is 9.10. The first kappa shape index (κ1) is 15.1. The summed E-state index contributed by atoms with van der Waals surface area (Å²) in [5, 5.41) is 0. The molecule has 2 rings (SSSR count). The Morgan fingerprint density at radius 1 is 1.15 bits per heavy atom. The van der Waals surface area contributed by atoms with Crippen molar-refractivity contribution in [1.29, 1.82) is 0 Å². The maximum atomic E-state index is 11.4. The van der Waals surface area contributed by atoms with Gasteiger partial charge in [-0.25, -0.2) is 0 Å². The van der Waals surface area contributed by atoms with Crippen molar-refractivity contribution < 1.29 is 9.53 Å². The smallest absolute Gasteiger partial charge is 0.309 e. The van der Waals surface area contributed by atoms with Crippen molar-refractivity contribution in [2.75, 3.05) is 7.11 Å². The van der Waals surface area contributed by atoms with Crippen molar-refractivity contribution in [3.05, 3.63) is 64.1 Å². The summed E-state index contributed by atoms with van der Waals surface area (Å²) in [4.78, 5) is 12.6. The summed E-state index contributed by atoms with van der Waals surface area (Å²) < 4.78 is 5.81. The van der Waals surface area contributed by atoms with Crippen molar-refractivity contribution in [3.8, 4) is 0 Å². The summed E-state index contributed by atoms with van der Waals surface area (Å²) in [6, 6.07) is 16.2. The van der Waals surface area contributed by atoms with Gasteiger partial charge < -0.3 is 4.74 Å². The van der Waals surface area contributed by atoms with E-state index in [2.05, 4.69) is 34.1 Å². The van der Waals surface area contributed by atoms with E-state index in [0.29, 0.717) is 6.42 Å². The fourth-order valence-corrected chi connectivity index (χ4v) is 3.36. The number of benzene rings is 2. The van der Waals surface area contributed by atoms with Crippen LogP contribution in [-0.2, 0) is 21.7 Å². The summed E-state index contributed by atoms with van der Waals surface area (Å²) in [5.41, 5.74) is 2.20. The van der Waals surface area contributed by atoms with Crippen LogP contribution in [0, 0.1) is 0 Å². The molecule has 0 radical (unpaired) electrons. The van der Waals surface area contributed by atoms with Crippen LogP contribution in [-0.4, -0.2) is 13.1 Å². The van der Waals surface area contributed by atoms with Crippen LogP contribution in [0.25, 0.3) is 0 Å². The number of hydrogen-bond acceptors (Lipinski definition) is 3. The average Bonchev–Trinajstić information content (AvgIpc) is 2.46. The normalized spacial score (nSPS) is 10.3. The third-order valence-electron chi connectivity index (χ3n) is 2.87. The van der Waals surface area contributed by atoms with E-state index in [9.17, 15) is 4.79 Å².